The first-order valence-corrected chi connectivity index (χ1v) is 14.6. The number of hydrogen-bond donors (Lipinski definition) is 0. The molecule has 0 N–H and O–H groups in total. The Morgan fingerprint density at radius 2 is 0.864 bits per heavy atom. The SMILES string of the molecule is c1ccc(-c2nc(-c3ccccc3)c(-c3cccc(-c4ccnc5c4ccc4cccnc45)c3)nc2-c2ccccc2)cc1. The highest BCUT2D eigenvalue weighted by Crippen LogP contribution is 2.39. The molecule has 0 aliphatic heterocycles. The van der Waals surface area contributed by atoms with Crippen molar-refractivity contribution in [3.8, 4) is 56.2 Å². The Morgan fingerprint density at radius 3 is 1.48 bits per heavy atom. The largest absolute Gasteiger partial charge is 0.254 e. The fourth-order valence-electron chi connectivity index (χ4n) is 5.87. The van der Waals surface area contributed by atoms with Crippen LogP contribution in [-0.4, -0.2) is 19.9 Å². The molecule has 0 atom stereocenters. The summed E-state index contributed by atoms with van der Waals surface area (Å²) in [4.78, 5) is 20.2. The van der Waals surface area contributed by atoms with Gasteiger partial charge in [-0.15, -0.1) is 0 Å². The molecule has 0 fully saturated rings. The molecule has 0 bridgehead atoms. The van der Waals surface area contributed by atoms with Crippen molar-refractivity contribution in [2.24, 2.45) is 0 Å². The summed E-state index contributed by atoms with van der Waals surface area (Å²) in [5.74, 6) is 0. The zero-order valence-corrected chi connectivity index (χ0v) is 23.8. The molecule has 8 aromatic rings. The molecule has 0 saturated heterocycles. The molecule has 206 valence electrons. The lowest BCUT2D eigenvalue weighted by Crippen LogP contribution is -2.01. The third-order valence-corrected chi connectivity index (χ3v) is 7.97. The van der Waals surface area contributed by atoms with Gasteiger partial charge >= 0.3 is 0 Å². The molecule has 8 rings (SSSR count). The van der Waals surface area contributed by atoms with Gasteiger partial charge in [-0.05, 0) is 29.3 Å². The maximum absolute atomic E-state index is 5.42. The molecule has 0 radical (unpaired) electrons. The minimum absolute atomic E-state index is 0.835. The quantitative estimate of drug-likeness (QED) is 0.196. The van der Waals surface area contributed by atoms with Crippen LogP contribution >= 0.6 is 0 Å². The van der Waals surface area contributed by atoms with Crippen LogP contribution in [0.4, 0.5) is 0 Å². The maximum atomic E-state index is 5.42. The molecule has 4 nitrogen and oxygen atoms in total. The molecule has 3 aromatic heterocycles. The van der Waals surface area contributed by atoms with E-state index >= 15 is 0 Å². The van der Waals surface area contributed by atoms with Crippen molar-refractivity contribution in [3.05, 3.63) is 158 Å². The van der Waals surface area contributed by atoms with Gasteiger partial charge in [0, 0.05) is 45.4 Å². The highest BCUT2D eigenvalue weighted by molar-refractivity contribution is 6.08. The topological polar surface area (TPSA) is 51.6 Å². The van der Waals surface area contributed by atoms with E-state index in [1.54, 1.807) is 0 Å². The first kappa shape index (κ1) is 25.7. The van der Waals surface area contributed by atoms with Crippen molar-refractivity contribution in [2.75, 3.05) is 0 Å². The summed E-state index contributed by atoms with van der Waals surface area (Å²) in [6.45, 7) is 0. The van der Waals surface area contributed by atoms with Crippen molar-refractivity contribution >= 4 is 21.8 Å². The number of fused-ring (bicyclic) bond motifs is 3. The van der Waals surface area contributed by atoms with Gasteiger partial charge in [-0.1, -0.05) is 127 Å². The predicted molar refractivity (Wildman–Crippen MR) is 180 cm³/mol. The summed E-state index contributed by atoms with van der Waals surface area (Å²) in [7, 11) is 0. The molecule has 44 heavy (non-hydrogen) atoms. The van der Waals surface area contributed by atoms with Gasteiger partial charge < -0.3 is 0 Å². The number of benzene rings is 5. The fourth-order valence-corrected chi connectivity index (χ4v) is 5.87. The number of pyridine rings is 2. The van der Waals surface area contributed by atoms with Crippen molar-refractivity contribution in [2.45, 2.75) is 0 Å². The van der Waals surface area contributed by atoms with Crippen LogP contribution in [0.3, 0.4) is 0 Å². The molecule has 0 aliphatic carbocycles. The van der Waals surface area contributed by atoms with E-state index in [0.29, 0.717) is 0 Å². The molecule has 3 heterocycles. The third kappa shape index (κ3) is 4.59. The van der Waals surface area contributed by atoms with E-state index in [4.69, 9.17) is 15.0 Å². The van der Waals surface area contributed by atoms with Crippen LogP contribution in [0.25, 0.3) is 78.0 Å². The highest BCUT2D eigenvalue weighted by Gasteiger charge is 2.20. The molecule has 0 saturated carbocycles. The van der Waals surface area contributed by atoms with Gasteiger partial charge in [0.25, 0.3) is 0 Å². The zero-order chi connectivity index (χ0) is 29.3. The molecule has 0 spiro atoms. The lowest BCUT2D eigenvalue weighted by molar-refractivity contribution is 1.21. The molecular formula is C40H26N4. The van der Waals surface area contributed by atoms with Crippen molar-refractivity contribution in [1.82, 2.24) is 19.9 Å². The van der Waals surface area contributed by atoms with Crippen LogP contribution in [0.2, 0.25) is 0 Å². The molecular weight excluding hydrogens is 536 g/mol. The third-order valence-electron chi connectivity index (χ3n) is 7.97. The second-order valence-electron chi connectivity index (χ2n) is 10.7. The van der Waals surface area contributed by atoms with Gasteiger partial charge in [0.15, 0.2) is 0 Å². The van der Waals surface area contributed by atoms with Crippen LogP contribution in [0.1, 0.15) is 0 Å². The summed E-state index contributed by atoms with van der Waals surface area (Å²) < 4.78 is 0. The fraction of sp³-hybridized carbons (Fsp3) is 0. The monoisotopic (exact) mass is 562 g/mol. The van der Waals surface area contributed by atoms with E-state index in [9.17, 15) is 0 Å². The Hall–Kier alpha value is -6.00. The van der Waals surface area contributed by atoms with E-state index in [1.165, 1.54) is 0 Å². The van der Waals surface area contributed by atoms with E-state index in [0.717, 1.165) is 78.0 Å². The van der Waals surface area contributed by atoms with E-state index in [-0.39, 0.29) is 0 Å². The van der Waals surface area contributed by atoms with Gasteiger partial charge in [0.2, 0.25) is 0 Å². The normalized spacial score (nSPS) is 11.2. The Morgan fingerprint density at radius 1 is 0.341 bits per heavy atom. The standard InChI is InChI=1S/C40H26N4/c1-4-12-27(13-5-1)36-37(28-14-6-2-7-15-28)44-39(38(43-36)29-16-8-3-9-17-29)32-19-10-18-31(26-32)33-23-25-42-40-34(33)22-21-30-20-11-24-41-35(30)40/h1-26H. The number of aromatic nitrogens is 4. The number of rotatable bonds is 5. The first-order chi connectivity index (χ1) is 21.8. The minimum Gasteiger partial charge on any atom is -0.254 e. The molecule has 5 aromatic carbocycles. The van der Waals surface area contributed by atoms with Crippen molar-refractivity contribution in [1.29, 1.82) is 0 Å². The highest BCUT2D eigenvalue weighted by atomic mass is 14.9. The van der Waals surface area contributed by atoms with Crippen LogP contribution in [0.15, 0.2) is 158 Å². The maximum Gasteiger partial charge on any atom is 0.0973 e. The summed E-state index contributed by atoms with van der Waals surface area (Å²) in [5, 5.41) is 2.14. The van der Waals surface area contributed by atoms with E-state index < -0.39 is 0 Å². The van der Waals surface area contributed by atoms with Gasteiger partial charge in [-0.2, -0.15) is 0 Å². The van der Waals surface area contributed by atoms with E-state index in [1.807, 2.05) is 73.1 Å². The van der Waals surface area contributed by atoms with Crippen LogP contribution in [0.5, 0.6) is 0 Å². The Labute approximate surface area is 255 Å². The summed E-state index contributed by atoms with van der Waals surface area (Å²) in [6.07, 6.45) is 3.69. The average Bonchev–Trinajstić information content (AvgIpc) is 3.12. The van der Waals surface area contributed by atoms with Gasteiger partial charge in [0.05, 0.1) is 33.8 Å². The summed E-state index contributed by atoms with van der Waals surface area (Å²) >= 11 is 0. The Balaban J connectivity index is 1.37. The van der Waals surface area contributed by atoms with Crippen molar-refractivity contribution < 1.29 is 0 Å². The second kappa shape index (κ2) is 11.0. The Bertz CT molecular complexity index is 2260. The average molecular weight is 563 g/mol. The second-order valence-corrected chi connectivity index (χ2v) is 10.7. The van der Waals surface area contributed by atoms with Gasteiger partial charge in [0.1, 0.15) is 0 Å². The molecule has 4 heteroatoms. The van der Waals surface area contributed by atoms with Gasteiger partial charge in [-0.3, -0.25) is 9.97 Å². The molecule has 0 unspecified atom stereocenters. The zero-order valence-electron chi connectivity index (χ0n) is 23.8. The van der Waals surface area contributed by atoms with Crippen LogP contribution in [0, 0.1) is 0 Å². The minimum atomic E-state index is 0.835. The van der Waals surface area contributed by atoms with Crippen molar-refractivity contribution in [3.63, 3.8) is 0 Å². The van der Waals surface area contributed by atoms with Crippen LogP contribution < -0.4 is 0 Å². The molecule has 0 amide bonds. The lowest BCUT2D eigenvalue weighted by Gasteiger charge is -2.16. The summed E-state index contributed by atoms with van der Waals surface area (Å²) in [5.41, 5.74) is 11.4. The van der Waals surface area contributed by atoms with Crippen LogP contribution in [-0.2, 0) is 0 Å². The lowest BCUT2D eigenvalue weighted by atomic mass is 9.95. The van der Waals surface area contributed by atoms with E-state index in [2.05, 4.69) is 89.9 Å². The van der Waals surface area contributed by atoms with Gasteiger partial charge in [-0.25, -0.2) is 9.97 Å². The predicted octanol–water partition coefficient (Wildman–Crippen LogP) is 9.91. The summed E-state index contributed by atoms with van der Waals surface area (Å²) in [6, 6.07) is 49.9. The Kier molecular flexibility index (Phi) is 6.43. The number of hydrogen-bond acceptors (Lipinski definition) is 4. The number of nitrogens with zero attached hydrogens (tertiary/aromatic N) is 4. The molecule has 0 aliphatic rings. The first-order valence-electron chi connectivity index (χ1n) is 14.6. The smallest absolute Gasteiger partial charge is 0.0973 e.